The summed E-state index contributed by atoms with van der Waals surface area (Å²) in [5, 5.41) is 0.486. The maximum Gasteiger partial charge on any atom is 0.306 e. The molecule has 0 radical (unpaired) electrons. The van der Waals surface area contributed by atoms with Gasteiger partial charge in [0.2, 0.25) is 0 Å². The molecule has 1 unspecified atom stereocenters. The lowest BCUT2D eigenvalue weighted by Crippen LogP contribution is -2.34. The van der Waals surface area contributed by atoms with Crippen molar-refractivity contribution in [3.63, 3.8) is 0 Å². The molecule has 0 aromatic heterocycles. The summed E-state index contributed by atoms with van der Waals surface area (Å²) in [5.74, 6) is -0.808. The molecular formula is C19H26ClNO5S. The summed E-state index contributed by atoms with van der Waals surface area (Å²) < 4.78 is 13.4. The molecule has 0 bridgehead atoms. The van der Waals surface area contributed by atoms with Gasteiger partial charge in [0.15, 0.2) is 12.4 Å². The van der Waals surface area contributed by atoms with E-state index in [1.807, 2.05) is 19.2 Å². The van der Waals surface area contributed by atoms with Gasteiger partial charge >= 0.3 is 11.9 Å². The molecule has 0 saturated heterocycles. The first kappa shape index (κ1) is 23.5. The Balaban J connectivity index is 2.75. The van der Waals surface area contributed by atoms with Gasteiger partial charge in [0, 0.05) is 18.4 Å². The van der Waals surface area contributed by atoms with Crippen molar-refractivity contribution in [2.45, 2.75) is 45.3 Å². The average molecular weight is 416 g/mol. The summed E-state index contributed by atoms with van der Waals surface area (Å²) in [4.78, 5) is 34.8. The molecule has 1 aromatic rings. The average Bonchev–Trinajstić information content (AvgIpc) is 2.64. The molecule has 3 atom stereocenters. The summed E-state index contributed by atoms with van der Waals surface area (Å²) in [6, 6.07) is 6.55. The third kappa shape index (κ3) is 8.32. The van der Waals surface area contributed by atoms with Crippen LogP contribution < -0.4 is 4.72 Å². The van der Waals surface area contributed by atoms with Gasteiger partial charge < -0.3 is 9.47 Å². The number of hydrogen-bond acceptors (Lipinski definition) is 7. The number of nitrogens with one attached hydrogen (secondary N) is 1. The highest BCUT2D eigenvalue weighted by molar-refractivity contribution is 7.96. The number of ether oxygens (including phenoxy) is 2. The Kier molecular flexibility index (Phi) is 11.1. The van der Waals surface area contributed by atoms with Crippen molar-refractivity contribution in [1.29, 1.82) is 0 Å². The molecule has 0 spiro atoms. The third-order valence-corrected chi connectivity index (χ3v) is 4.91. The molecule has 6 nitrogen and oxygen atoms in total. The lowest BCUT2D eigenvalue weighted by Gasteiger charge is -2.25. The molecule has 0 heterocycles. The number of carbonyl (C=O) groups excluding carboxylic acids is 3. The second-order valence-electron chi connectivity index (χ2n) is 6.02. The van der Waals surface area contributed by atoms with Crippen LogP contribution in [0.3, 0.4) is 0 Å². The first-order valence-corrected chi connectivity index (χ1v) is 10.3. The lowest BCUT2D eigenvalue weighted by molar-refractivity contribution is -0.154. The number of esters is 2. The molecule has 1 N–H and O–H groups in total. The van der Waals surface area contributed by atoms with E-state index in [0.717, 1.165) is 6.42 Å². The highest BCUT2D eigenvalue weighted by atomic mass is 35.5. The maximum absolute atomic E-state index is 12.3. The Morgan fingerprint density at radius 1 is 1.33 bits per heavy atom. The van der Waals surface area contributed by atoms with Gasteiger partial charge in [-0.1, -0.05) is 55.1 Å². The number of carbonyl (C=O) groups is 3. The first-order valence-electron chi connectivity index (χ1n) is 8.73. The minimum Gasteiger partial charge on any atom is -0.466 e. The van der Waals surface area contributed by atoms with Gasteiger partial charge in [-0.25, -0.2) is 0 Å². The van der Waals surface area contributed by atoms with E-state index < -0.39 is 18.1 Å². The second-order valence-corrected chi connectivity index (χ2v) is 7.07. The van der Waals surface area contributed by atoms with Crippen LogP contribution in [0.15, 0.2) is 24.3 Å². The minimum absolute atomic E-state index is 0.0106. The Labute approximate surface area is 169 Å². The Hall–Kier alpha value is -1.57. The van der Waals surface area contributed by atoms with Crippen LogP contribution in [0.1, 0.15) is 44.7 Å². The molecule has 27 heavy (non-hydrogen) atoms. The Morgan fingerprint density at radius 2 is 2.04 bits per heavy atom. The highest BCUT2D eigenvalue weighted by Crippen LogP contribution is 2.28. The van der Waals surface area contributed by atoms with Crippen LogP contribution in [0.25, 0.3) is 0 Å². The molecule has 1 rings (SSSR count). The van der Waals surface area contributed by atoms with Crippen LogP contribution in [0.2, 0.25) is 5.02 Å². The van der Waals surface area contributed by atoms with Crippen molar-refractivity contribution in [1.82, 2.24) is 4.72 Å². The minimum atomic E-state index is -1.00. The van der Waals surface area contributed by atoms with Gasteiger partial charge in [0.05, 0.1) is 12.6 Å². The van der Waals surface area contributed by atoms with Gasteiger partial charge in [-0.3, -0.25) is 19.1 Å². The van der Waals surface area contributed by atoms with Gasteiger partial charge in [-0.2, -0.15) is 0 Å². The van der Waals surface area contributed by atoms with Crippen LogP contribution in [0.5, 0.6) is 0 Å². The zero-order valence-corrected chi connectivity index (χ0v) is 17.3. The monoisotopic (exact) mass is 415 g/mol. The van der Waals surface area contributed by atoms with Crippen molar-refractivity contribution in [3.8, 4) is 0 Å². The van der Waals surface area contributed by atoms with E-state index >= 15 is 0 Å². The fourth-order valence-electron chi connectivity index (χ4n) is 2.59. The van der Waals surface area contributed by atoms with E-state index in [9.17, 15) is 14.4 Å². The number of rotatable bonds is 12. The number of aldehydes is 1. The van der Waals surface area contributed by atoms with Crippen molar-refractivity contribution >= 4 is 41.8 Å². The zero-order chi connectivity index (χ0) is 20.2. The zero-order valence-electron chi connectivity index (χ0n) is 15.8. The van der Waals surface area contributed by atoms with Crippen molar-refractivity contribution in [2.75, 3.05) is 12.9 Å². The molecule has 8 heteroatoms. The molecular weight excluding hydrogens is 390 g/mol. The van der Waals surface area contributed by atoms with Crippen LogP contribution in [-0.4, -0.2) is 37.2 Å². The first-order chi connectivity index (χ1) is 12.9. The van der Waals surface area contributed by atoms with E-state index in [0.29, 0.717) is 23.3 Å². The predicted octanol–water partition coefficient (Wildman–Crippen LogP) is 3.73. The smallest absolute Gasteiger partial charge is 0.306 e. The van der Waals surface area contributed by atoms with Crippen molar-refractivity contribution < 1.29 is 23.9 Å². The predicted molar refractivity (Wildman–Crippen MR) is 106 cm³/mol. The molecule has 0 aliphatic heterocycles. The normalized spacial score (nSPS) is 14.1. The van der Waals surface area contributed by atoms with E-state index in [1.54, 1.807) is 18.2 Å². The van der Waals surface area contributed by atoms with Gasteiger partial charge in [0.1, 0.15) is 0 Å². The largest absolute Gasteiger partial charge is 0.466 e. The summed E-state index contributed by atoms with van der Waals surface area (Å²) in [5.41, 5.74) is 0.681. The van der Waals surface area contributed by atoms with Crippen LogP contribution in [-0.2, 0) is 23.9 Å². The van der Waals surface area contributed by atoms with E-state index in [1.165, 1.54) is 18.9 Å². The van der Waals surface area contributed by atoms with Crippen LogP contribution in [0, 0.1) is 5.92 Å². The van der Waals surface area contributed by atoms with Crippen LogP contribution in [0.4, 0.5) is 0 Å². The molecule has 0 saturated carbocycles. The quantitative estimate of drug-likeness (QED) is 0.316. The van der Waals surface area contributed by atoms with Crippen LogP contribution >= 0.6 is 23.5 Å². The van der Waals surface area contributed by atoms with E-state index in [2.05, 4.69) is 4.72 Å². The van der Waals surface area contributed by atoms with Crippen molar-refractivity contribution in [2.24, 2.45) is 5.92 Å². The third-order valence-electron chi connectivity index (χ3n) is 4.08. The van der Waals surface area contributed by atoms with Gasteiger partial charge in [-0.05, 0) is 30.2 Å². The van der Waals surface area contributed by atoms with E-state index in [-0.39, 0.29) is 24.9 Å². The highest BCUT2D eigenvalue weighted by Gasteiger charge is 2.28. The van der Waals surface area contributed by atoms with Gasteiger partial charge in [-0.15, -0.1) is 0 Å². The fourth-order valence-corrected chi connectivity index (χ4v) is 3.36. The molecule has 1 aromatic carbocycles. The second kappa shape index (κ2) is 12.8. The molecule has 0 aliphatic carbocycles. The number of benzene rings is 1. The Bertz CT molecular complexity index is 628. The molecule has 0 aliphatic rings. The molecule has 0 amide bonds. The summed E-state index contributed by atoms with van der Waals surface area (Å²) in [6.07, 6.45) is 2.87. The standard InChI is InChI=1S/C19H26ClNO5S/c1-4-14(9-10-25-13(2)23)11-18(24)26-17(12-22)19(21-27-3)15-7-5-6-8-16(15)20/h5-8,12,14,17,19,21H,4,9-11H2,1-3H3/t14?,17-,19-/m1/s1. The maximum atomic E-state index is 12.3. The fraction of sp³-hybridized carbons (Fsp3) is 0.526. The van der Waals surface area contributed by atoms with E-state index in [4.69, 9.17) is 21.1 Å². The summed E-state index contributed by atoms with van der Waals surface area (Å²) in [6.45, 7) is 3.55. The van der Waals surface area contributed by atoms with Gasteiger partial charge in [0.25, 0.3) is 0 Å². The molecule has 0 fully saturated rings. The summed E-state index contributed by atoms with van der Waals surface area (Å²) >= 11 is 7.54. The Morgan fingerprint density at radius 3 is 2.59 bits per heavy atom. The van der Waals surface area contributed by atoms with Crippen molar-refractivity contribution in [3.05, 3.63) is 34.9 Å². The SMILES string of the molecule is CCC(CCOC(C)=O)CC(=O)O[C@H](C=O)[C@H](NSC)c1ccccc1Cl. The summed E-state index contributed by atoms with van der Waals surface area (Å²) in [7, 11) is 0. The topological polar surface area (TPSA) is 81.7 Å². The molecule has 150 valence electrons. The lowest BCUT2D eigenvalue weighted by atomic mass is 9.98. The number of halogens is 1. The number of hydrogen-bond donors (Lipinski definition) is 1.